The summed E-state index contributed by atoms with van der Waals surface area (Å²) >= 11 is 6.21. The first kappa shape index (κ1) is 15.5. The number of benzene rings is 1. The van der Waals surface area contributed by atoms with Gasteiger partial charge in [0.05, 0.1) is 5.02 Å². The highest BCUT2D eigenvalue weighted by Gasteiger charge is 2.23. The van der Waals surface area contributed by atoms with Gasteiger partial charge in [-0.3, -0.25) is 9.88 Å². The van der Waals surface area contributed by atoms with Crippen molar-refractivity contribution in [2.75, 3.05) is 27.2 Å². The van der Waals surface area contributed by atoms with Gasteiger partial charge in [0.25, 0.3) is 0 Å². The van der Waals surface area contributed by atoms with Crippen LogP contribution >= 0.6 is 11.6 Å². The Bertz CT molecular complexity index is 624. The lowest BCUT2D eigenvalue weighted by molar-refractivity contribution is 0.264. The molecule has 0 saturated carbocycles. The van der Waals surface area contributed by atoms with Gasteiger partial charge in [-0.05, 0) is 37.7 Å². The summed E-state index contributed by atoms with van der Waals surface area (Å²) in [5.74, 6) is 0. The summed E-state index contributed by atoms with van der Waals surface area (Å²) in [6.45, 7) is 3.36. The fourth-order valence-corrected chi connectivity index (χ4v) is 3.26. The van der Waals surface area contributed by atoms with E-state index < -0.39 is 0 Å². The zero-order valence-electron chi connectivity index (χ0n) is 13.2. The largest absolute Gasteiger partial charge is 0.305 e. The molecule has 0 radical (unpaired) electrons. The van der Waals surface area contributed by atoms with E-state index >= 15 is 0 Å². The molecule has 1 saturated heterocycles. The van der Waals surface area contributed by atoms with Crippen LogP contribution in [0.3, 0.4) is 0 Å². The van der Waals surface area contributed by atoms with Crippen LogP contribution in [0.1, 0.15) is 12.0 Å². The van der Waals surface area contributed by atoms with Crippen molar-refractivity contribution < 1.29 is 0 Å². The molecule has 1 aromatic carbocycles. The number of hydrogen-bond acceptors (Lipinski definition) is 3. The van der Waals surface area contributed by atoms with E-state index in [4.69, 9.17) is 11.6 Å². The Morgan fingerprint density at radius 1 is 1.23 bits per heavy atom. The normalized spacial score (nSPS) is 19.0. The maximum absolute atomic E-state index is 6.21. The van der Waals surface area contributed by atoms with E-state index in [1.165, 1.54) is 18.5 Å². The molecule has 2 heterocycles. The SMILES string of the molecule is CN(C)C1CCN(Cc2ccc(-c3ccncc3Cl)cc2)C1. The Balaban J connectivity index is 1.67. The van der Waals surface area contributed by atoms with Crippen molar-refractivity contribution in [2.45, 2.75) is 19.0 Å². The van der Waals surface area contributed by atoms with Gasteiger partial charge in [0.15, 0.2) is 0 Å². The van der Waals surface area contributed by atoms with Gasteiger partial charge < -0.3 is 4.90 Å². The van der Waals surface area contributed by atoms with Gasteiger partial charge in [0, 0.05) is 43.6 Å². The van der Waals surface area contributed by atoms with E-state index in [1.54, 1.807) is 12.4 Å². The Morgan fingerprint density at radius 2 is 2.00 bits per heavy atom. The first-order valence-electron chi connectivity index (χ1n) is 7.71. The minimum absolute atomic E-state index is 0.690. The molecular formula is C18H22ClN3. The van der Waals surface area contributed by atoms with Crippen LogP contribution in [-0.4, -0.2) is 48.0 Å². The van der Waals surface area contributed by atoms with E-state index in [1.807, 2.05) is 6.07 Å². The fourth-order valence-electron chi connectivity index (χ4n) is 3.03. The van der Waals surface area contributed by atoms with E-state index in [0.717, 1.165) is 24.2 Å². The average Bonchev–Trinajstić information content (AvgIpc) is 2.98. The smallest absolute Gasteiger partial charge is 0.0667 e. The monoisotopic (exact) mass is 315 g/mol. The summed E-state index contributed by atoms with van der Waals surface area (Å²) in [5, 5.41) is 0.698. The van der Waals surface area contributed by atoms with Gasteiger partial charge in [0.1, 0.15) is 0 Å². The third-order valence-electron chi connectivity index (χ3n) is 4.42. The van der Waals surface area contributed by atoms with Gasteiger partial charge >= 0.3 is 0 Å². The molecule has 0 amide bonds. The summed E-state index contributed by atoms with van der Waals surface area (Å²) in [5.41, 5.74) is 3.54. The highest BCUT2D eigenvalue weighted by molar-refractivity contribution is 6.33. The van der Waals surface area contributed by atoms with Crippen molar-refractivity contribution in [2.24, 2.45) is 0 Å². The first-order chi connectivity index (χ1) is 10.6. The zero-order valence-corrected chi connectivity index (χ0v) is 13.9. The Labute approximate surface area is 137 Å². The van der Waals surface area contributed by atoms with Crippen LogP contribution < -0.4 is 0 Å². The van der Waals surface area contributed by atoms with Crippen LogP contribution in [0.25, 0.3) is 11.1 Å². The first-order valence-corrected chi connectivity index (χ1v) is 8.09. The molecule has 22 heavy (non-hydrogen) atoms. The molecule has 1 unspecified atom stereocenters. The summed E-state index contributed by atoms with van der Waals surface area (Å²) in [4.78, 5) is 8.89. The van der Waals surface area contributed by atoms with Crippen molar-refractivity contribution in [1.82, 2.24) is 14.8 Å². The van der Waals surface area contributed by atoms with Crippen LogP contribution in [0.4, 0.5) is 0 Å². The molecule has 0 spiro atoms. The van der Waals surface area contributed by atoms with Crippen LogP contribution in [-0.2, 0) is 6.54 Å². The number of halogens is 1. The van der Waals surface area contributed by atoms with Gasteiger partial charge in [0.2, 0.25) is 0 Å². The van der Waals surface area contributed by atoms with Gasteiger partial charge in [-0.2, -0.15) is 0 Å². The minimum Gasteiger partial charge on any atom is -0.305 e. The van der Waals surface area contributed by atoms with Crippen LogP contribution in [0, 0.1) is 0 Å². The summed E-state index contributed by atoms with van der Waals surface area (Å²) in [6, 6.07) is 11.4. The molecular weight excluding hydrogens is 294 g/mol. The lowest BCUT2D eigenvalue weighted by Crippen LogP contribution is -2.31. The molecule has 3 rings (SSSR count). The molecule has 0 aliphatic carbocycles. The third-order valence-corrected chi connectivity index (χ3v) is 4.72. The lowest BCUT2D eigenvalue weighted by Gasteiger charge is -2.20. The quantitative estimate of drug-likeness (QED) is 0.860. The van der Waals surface area contributed by atoms with Gasteiger partial charge in [-0.25, -0.2) is 0 Å². The number of nitrogens with zero attached hydrogens (tertiary/aromatic N) is 3. The number of rotatable bonds is 4. The average molecular weight is 316 g/mol. The van der Waals surface area contributed by atoms with Crippen LogP contribution in [0.2, 0.25) is 5.02 Å². The van der Waals surface area contributed by atoms with E-state index in [0.29, 0.717) is 11.1 Å². The maximum Gasteiger partial charge on any atom is 0.0667 e. The standard InChI is InChI=1S/C18H22ClN3/c1-21(2)16-8-10-22(13-16)12-14-3-5-15(6-4-14)17-7-9-20-11-18(17)19/h3-7,9,11,16H,8,10,12-13H2,1-2H3. The Kier molecular flexibility index (Phi) is 4.77. The number of likely N-dealkylation sites (N-methyl/N-ethyl adjacent to an activating group) is 1. The molecule has 2 aromatic rings. The Hall–Kier alpha value is -1.42. The maximum atomic E-state index is 6.21. The van der Waals surface area contributed by atoms with Gasteiger partial charge in [-0.15, -0.1) is 0 Å². The molecule has 116 valence electrons. The van der Waals surface area contributed by atoms with Crippen molar-refractivity contribution in [3.8, 4) is 11.1 Å². The third kappa shape index (κ3) is 3.49. The highest BCUT2D eigenvalue weighted by atomic mass is 35.5. The predicted molar refractivity (Wildman–Crippen MR) is 92.1 cm³/mol. The second-order valence-corrected chi connectivity index (χ2v) is 6.60. The number of hydrogen-bond donors (Lipinski definition) is 0. The zero-order chi connectivity index (χ0) is 15.5. The molecule has 1 atom stereocenters. The second kappa shape index (κ2) is 6.78. The molecule has 4 heteroatoms. The van der Waals surface area contributed by atoms with Crippen molar-refractivity contribution >= 4 is 11.6 Å². The molecule has 0 bridgehead atoms. The van der Waals surface area contributed by atoms with E-state index in [9.17, 15) is 0 Å². The number of aromatic nitrogens is 1. The second-order valence-electron chi connectivity index (χ2n) is 6.19. The lowest BCUT2D eigenvalue weighted by atomic mass is 10.0. The van der Waals surface area contributed by atoms with Crippen molar-refractivity contribution in [3.05, 3.63) is 53.3 Å². The van der Waals surface area contributed by atoms with Crippen molar-refractivity contribution in [3.63, 3.8) is 0 Å². The van der Waals surface area contributed by atoms with Crippen LogP contribution in [0.5, 0.6) is 0 Å². The van der Waals surface area contributed by atoms with Crippen LogP contribution in [0.15, 0.2) is 42.7 Å². The summed E-state index contributed by atoms with van der Waals surface area (Å²) in [6.07, 6.45) is 4.73. The van der Waals surface area contributed by atoms with E-state index in [-0.39, 0.29) is 0 Å². The summed E-state index contributed by atoms with van der Waals surface area (Å²) in [7, 11) is 4.34. The Morgan fingerprint density at radius 3 is 2.64 bits per heavy atom. The number of pyridine rings is 1. The molecule has 1 aromatic heterocycles. The predicted octanol–water partition coefficient (Wildman–Crippen LogP) is 3.54. The topological polar surface area (TPSA) is 19.4 Å². The highest BCUT2D eigenvalue weighted by Crippen LogP contribution is 2.27. The fraction of sp³-hybridized carbons (Fsp3) is 0.389. The van der Waals surface area contributed by atoms with E-state index in [2.05, 4.69) is 53.1 Å². The molecule has 3 nitrogen and oxygen atoms in total. The van der Waals surface area contributed by atoms with Crippen molar-refractivity contribution in [1.29, 1.82) is 0 Å². The molecule has 1 fully saturated rings. The molecule has 1 aliphatic heterocycles. The molecule has 0 N–H and O–H groups in total. The molecule has 1 aliphatic rings. The minimum atomic E-state index is 0.690. The van der Waals surface area contributed by atoms with Gasteiger partial charge in [-0.1, -0.05) is 35.9 Å². The number of likely N-dealkylation sites (tertiary alicyclic amines) is 1. The summed E-state index contributed by atoms with van der Waals surface area (Å²) < 4.78 is 0.